The summed E-state index contributed by atoms with van der Waals surface area (Å²) in [5.41, 5.74) is 0. The third-order valence-corrected chi connectivity index (χ3v) is 4.16. The molecule has 0 bridgehead atoms. The van der Waals surface area contributed by atoms with Crippen LogP contribution < -0.4 is 5.32 Å². The van der Waals surface area contributed by atoms with Crippen LogP contribution in [-0.2, 0) is 0 Å². The summed E-state index contributed by atoms with van der Waals surface area (Å²) in [5.74, 6) is 0.944. The standard InChI is InChI=1S/C12H21N5/c1-9(12-13-8-14-16-12)15-10-5-7-17-6-3-2-4-11(10)17/h8-11,15H,2-7H2,1H3,(H,13,14,16). The van der Waals surface area contributed by atoms with Crippen LogP contribution in [0.15, 0.2) is 6.33 Å². The molecule has 3 unspecified atom stereocenters. The van der Waals surface area contributed by atoms with Crippen molar-refractivity contribution in [2.24, 2.45) is 0 Å². The summed E-state index contributed by atoms with van der Waals surface area (Å²) in [7, 11) is 0. The van der Waals surface area contributed by atoms with Gasteiger partial charge in [-0.2, -0.15) is 5.10 Å². The molecule has 0 amide bonds. The molecule has 0 radical (unpaired) electrons. The van der Waals surface area contributed by atoms with Crippen LogP contribution in [0.2, 0.25) is 0 Å². The molecule has 5 heteroatoms. The van der Waals surface area contributed by atoms with Crippen molar-refractivity contribution in [2.75, 3.05) is 13.1 Å². The van der Waals surface area contributed by atoms with E-state index in [4.69, 9.17) is 0 Å². The van der Waals surface area contributed by atoms with Gasteiger partial charge < -0.3 is 5.32 Å². The Hall–Kier alpha value is -0.940. The van der Waals surface area contributed by atoms with E-state index in [9.17, 15) is 0 Å². The van der Waals surface area contributed by atoms with E-state index in [0.29, 0.717) is 6.04 Å². The fourth-order valence-corrected chi connectivity index (χ4v) is 3.27. The first kappa shape index (κ1) is 11.2. The molecule has 1 aromatic heterocycles. The number of hydrogen-bond acceptors (Lipinski definition) is 4. The minimum absolute atomic E-state index is 0.268. The van der Waals surface area contributed by atoms with E-state index < -0.39 is 0 Å². The maximum Gasteiger partial charge on any atom is 0.141 e. The number of fused-ring (bicyclic) bond motifs is 1. The van der Waals surface area contributed by atoms with Crippen LogP contribution in [0.3, 0.4) is 0 Å². The molecule has 1 aromatic rings. The molecule has 0 saturated carbocycles. The Bertz CT molecular complexity index is 350. The molecule has 94 valence electrons. The topological polar surface area (TPSA) is 56.8 Å². The van der Waals surface area contributed by atoms with Gasteiger partial charge in [-0.1, -0.05) is 6.42 Å². The summed E-state index contributed by atoms with van der Waals surface area (Å²) in [6.07, 6.45) is 6.95. The van der Waals surface area contributed by atoms with Crippen LogP contribution in [0.5, 0.6) is 0 Å². The summed E-state index contributed by atoms with van der Waals surface area (Å²) in [5, 5.41) is 10.6. The number of rotatable bonds is 3. The van der Waals surface area contributed by atoms with Crippen molar-refractivity contribution in [3.8, 4) is 0 Å². The predicted octanol–water partition coefficient (Wildman–Crippen LogP) is 1.08. The molecule has 0 spiro atoms. The average molecular weight is 235 g/mol. The van der Waals surface area contributed by atoms with Gasteiger partial charge in [-0.25, -0.2) is 4.98 Å². The summed E-state index contributed by atoms with van der Waals surface area (Å²) in [6, 6.07) is 1.63. The second-order valence-electron chi connectivity index (χ2n) is 5.25. The lowest BCUT2D eigenvalue weighted by Gasteiger charge is -2.33. The van der Waals surface area contributed by atoms with E-state index in [1.165, 1.54) is 38.8 Å². The van der Waals surface area contributed by atoms with Gasteiger partial charge in [0.05, 0.1) is 6.04 Å². The van der Waals surface area contributed by atoms with Crippen LogP contribution in [0.1, 0.15) is 44.5 Å². The Morgan fingerprint density at radius 2 is 2.35 bits per heavy atom. The predicted molar refractivity (Wildman–Crippen MR) is 65.6 cm³/mol. The molecule has 3 atom stereocenters. The van der Waals surface area contributed by atoms with Crippen LogP contribution >= 0.6 is 0 Å². The summed E-state index contributed by atoms with van der Waals surface area (Å²) in [4.78, 5) is 6.87. The number of aromatic nitrogens is 3. The maximum absolute atomic E-state index is 4.22. The van der Waals surface area contributed by atoms with E-state index in [1.54, 1.807) is 6.33 Å². The Balaban J connectivity index is 1.62. The van der Waals surface area contributed by atoms with Crippen molar-refractivity contribution in [1.29, 1.82) is 0 Å². The zero-order valence-electron chi connectivity index (χ0n) is 10.4. The van der Waals surface area contributed by atoms with Crippen molar-refractivity contribution < 1.29 is 0 Å². The highest BCUT2D eigenvalue weighted by Gasteiger charge is 2.36. The second kappa shape index (κ2) is 4.74. The summed E-state index contributed by atoms with van der Waals surface area (Å²) >= 11 is 0. The molecule has 2 aliphatic rings. The van der Waals surface area contributed by atoms with Crippen LogP contribution in [-0.4, -0.2) is 45.3 Å². The van der Waals surface area contributed by atoms with Gasteiger partial charge in [0.25, 0.3) is 0 Å². The highest BCUT2D eigenvalue weighted by Crippen LogP contribution is 2.28. The summed E-state index contributed by atoms with van der Waals surface area (Å²) in [6.45, 7) is 4.71. The summed E-state index contributed by atoms with van der Waals surface area (Å²) < 4.78 is 0. The Morgan fingerprint density at radius 1 is 1.41 bits per heavy atom. The Kier molecular flexibility index (Phi) is 3.11. The molecule has 2 aliphatic heterocycles. The number of aromatic amines is 1. The van der Waals surface area contributed by atoms with Gasteiger partial charge >= 0.3 is 0 Å². The lowest BCUT2D eigenvalue weighted by molar-refractivity contribution is 0.177. The van der Waals surface area contributed by atoms with Crippen molar-refractivity contribution in [1.82, 2.24) is 25.4 Å². The largest absolute Gasteiger partial charge is 0.303 e. The number of nitrogens with zero attached hydrogens (tertiary/aromatic N) is 3. The molecule has 2 saturated heterocycles. The molecule has 0 aromatic carbocycles. The molecular weight excluding hydrogens is 214 g/mol. The first-order chi connectivity index (χ1) is 8.34. The monoisotopic (exact) mass is 235 g/mol. The van der Waals surface area contributed by atoms with E-state index in [1.807, 2.05) is 0 Å². The molecule has 5 nitrogen and oxygen atoms in total. The molecule has 2 N–H and O–H groups in total. The van der Waals surface area contributed by atoms with E-state index in [0.717, 1.165) is 11.9 Å². The van der Waals surface area contributed by atoms with Crippen molar-refractivity contribution >= 4 is 0 Å². The molecule has 0 aliphatic carbocycles. The van der Waals surface area contributed by atoms with Crippen molar-refractivity contribution in [3.05, 3.63) is 12.2 Å². The zero-order chi connectivity index (χ0) is 11.7. The fourth-order valence-electron chi connectivity index (χ4n) is 3.27. The number of piperidine rings is 1. The van der Waals surface area contributed by atoms with Gasteiger partial charge in [0.1, 0.15) is 12.2 Å². The van der Waals surface area contributed by atoms with Gasteiger partial charge in [0.15, 0.2) is 0 Å². The lowest BCUT2D eigenvalue weighted by atomic mass is 9.98. The molecule has 17 heavy (non-hydrogen) atoms. The van der Waals surface area contributed by atoms with Crippen LogP contribution in [0.25, 0.3) is 0 Å². The van der Waals surface area contributed by atoms with Gasteiger partial charge in [-0.3, -0.25) is 10.00 Å². The van der Waals surface area contributed by atoms with E-state index in [-0.39, 0.29) is 6.04 Å². The number of H-pyrrole nitrogens is 1. The highest BCUT2D eigenvalue weighted by atomic mass is 15.3. The fraction of sp³-hybridized carbons (Fsp3) is 0.833. The van der Waals surface area contributed by atoms with Crippen LogP contribution in [0, 0.1) is 0 Å². The normalized spacial score (nSPS) is 31.4. The zero-order valence-corrected chi connectivity index (χ0v) is 10.4. The quantitative estimate of drug-likeness (QED) is 0.823. The first-order valence-corrected chi connectivity index (χ1v) is 6.70. The van der Waals surface area contributed by atoms with Gasteiger partial charge in [-0.15, -0.1) is 0 Å². The van der Waals surface area contributed by atoms with Crippen LogP contribution in [0.4, 0.5) is 0 Å². The maximum atomic E-state index is 4.22. The number of nitrogens with one attached hydrogen (secondary N) is 2. The Labute approximate surface area is 102 Å². The average Bonchev–Trinajstić information content (AvgIpc) is 2.98. The molecule has 2 fully saturated rings. The van der Waals surface area contributed by atoms with Crippen molar-refractivity contribution in [3.63, 3.8) is 0 Å². The van der Waals surface area contributed by atoms with Gasteiger partial charge in [-0.05, 0) is 32.7 Å². The second-order valence-corrected chi connectivity index (χ2v) is 5.25. The third kappa shape index (κ3) is 2.21. The smallest absolute Gasteiger partial charge is 0.141 e. The van der Waals surface area contributed by atoms with E-state index >= 15 is 0 Å². The molecule has 3 rings (SSSR count). The highest BCUT2D eigenvalue weighted by molar-refractivity contribution is 4.98. The van der Waals surface area contributed by atoms with Gasteiger partial charge in [0.2, 0.25) is 0 Å². The van der Waals surface area contributed by atoms with E-state index in [2.05, 4.69) is 32.3 Å². The molecular formula is C12H21N5. The van der Waals surface area contributed by atoms with Crippen molar-refractivity contribution in [2.45, 2.75) is 50.7 Å². The SMILES string of the molecule is CC(NC1CCN2CCCCC12)c1ncn[nH]1. The molecule has 3 heterocycles. The first-order valence-electron chi connectivity index (χ1n) is 6.70. The minimum atomic E-state index is 0.268. The number of hydrogen-bond donors (Lipinski definition) is 2. The Morgan fingerprint density at radius 3 is 3.18 bits per heavy atom. The minimum Gasteiger partial charge on any atom is -0.303 e. The lowest BCUT2D eigenvalue weighted by Crippen LogP contribution is -2.45. The van der Waals surface area contributed by atoms with Gasteiger partial charge in [0, 0.05) is 18.6 Å². The third-order valence-electron chi connectivity index (χ3n) is 4.16.